The molecule has 0 aliphatic rings. The highest BCUT2D eigenvalue weighted by molar-refractivity contribution is 6.30. The van der Waals surface area contributed by atoms with Crippen LogP contribution >= 0.6 is 11.6 Å². The van der Waals surface area contributed by atoms with E-state index >= 15 is 0 Å². The molecule has 0 atom stereocenters. The van der Waals surface area contributed by atoms with E-state index in [9.17, 15) is 4.79 Å². The maximum absolute atomic E-state index is 11.4. The fourth-order valence-electron chi connectivity index (χ4n) is 1.28. The van der Waals surface area contributed by atoms with Gasteiger partial charge in [0.2, 0.25) is 0 Å². The number of ether oxygens (including phenoxy) is 2. The predicted molar refractivity (Wildman–Crippen MR) is 72.0 cm³/mol. The SMILES string of the molecule is CCCOCCOC(=O)CNc1cccc(Cl)c1. The molecular formula is C13H18ClNO3. The van der Waals surface area contributed by atoms with E-state index in [0.717, 1.165) is 12.1 Å². The summed E-state index contributed by atoms with van der Waals surface area (Å²) in [5.41, 5.74) is 0.793. The van der Waals surface area contributed by atoms with Crippen molar-refractivity contribution in [2.24, 2.45) is 0 Å². The Bertz CT molecular complexity index is 371. The zero-order valence-corrected chi connectivity index (χ0v) is 11.2. The predicted octanol–water partition coefficient (Wildman–Crippen LogP) is 2.72. The highest BCUT2D eigenvalue weighted by Crippen LogP contribution is 2.14. The van der Waals surface area contributed by atoms with Gasteiger partial charge in [-0.05, 0) is 24.6 Å². The van der Waals surface area contributed by atoms with Gasteiger partial charge in [0, 0.05) is 17.3 Å². The maximum atomic E-state index is 11.4. The van der Waals surface area contributed by atoms with Crippen molar-refractivity contribution in [2.45, 2.75) is 13.3 Å². The van der Waals surface area contributed by atoms with Crippen LogP contribution in [0.15, 0.2) is 24.3 Å². The molecule has 0 heterocycles. The van der Waals surface area contributed by atoms with Crippen LogP contribution in [-0.2, 0) is 14.3 Å². The number of benzene rings is 1. The summed E-state index contributed by atoms with van der Waals surface area (Å²) in [6, 6.07) is 7.17. The molecule has 18 heavy (non-hydrogen) atoms. The van der Waals surface area contributed by atoms with E-state index in [-0.39, 0.29) is 19.1 Å². The number of rotatable bonds is 8. The van der Waals surface area contributed by atoms with Crippen LogP contribution in [0.5, 0.6) is 0 Å². The lowest BCUT2D eigenvalue weighted by Gasteiger charge is -2.07. The van der Waals surface area contributed by atoms with Gasteiger partial charge in [0.05, 0.1) is 6.61 Å². The van der Waals surface area contributed by atoms with Crippen LogP contribution in [0.2, 0.25) is 5.02 Å². The lowest BCUT2D eigenvalue weighted by atomic mass is 10.3. The number of nitrogens with one attached hydrogen (secondary N) is 1. The molecule has 0 radical (unpaired) electrons. The Kier molecular flexibility index (Phi) is 7.22. The fraction of sp³-hybridized carbons (Fsp3) is 0.462. The number of halogens is 1. The normalized spacial score (nSPS) is 10.1. The lowest BCUT2D eigenvalue weighted by Crippen LogP contribution is -2.19. The second kappa shape index (κ2) is 8.78. The Morgan fingerprint density at radius 2 is 2.17 bits per heavy atom. The Labute approximate surface area is 112 Å². The summed E-state index contributed by atoms with van der Waals surface area (Å²) in [5, 5.41) is 3.56. The molecule has 0 aliphatic heterocycles. The van der Waals surface area contributed by atoms with Gasteiger partial charge in [-0.2, -0.15) is 0 Å². The Hall–Kier alpha value is -1.26. The standard InChI is InChI=1S/C13H18ClNO3/c1-2-6-17-7-8-18-13(16)10-15-12-5-3-4-11(14)9-12/h3-5,9,15H,2,6-8,10H2,1H3. The molecule has 1 aromatic carbocycles. The molecular weight excluding hydrogens is 254 g/mol. The Morgan fingerprint density at radius 1 is 1.33 bits per heavy atom. The minimum atomic E-state index is -0.310. The summed E-state index contributed by atoms with van der Waals surface area (Å²) in [6.07, 6.45) is 0.963. The first kappa shape index (κ1) is 14.8. The van der Waals surface area contributed by atoms with Crippen molar-refractivity contribution in [2.75, 3.05) is 31.7 Å². The number of esters is 1. The van der Waals surface area contributed by atoms with Gasteiger partial charge >= 0.3 is 5.97 Å². The van der Waals surface area contributed by atoms with Gasteiger partial charge in [0.1, 0.15) is 13.2 Å². The van der Waals surface area contributed by atoms with Crippen LogP contribution in [0.25, 0.3) is 0 Å². The maximum Gasteiger partial charge on any atom is 0.325 e. The van der Waals surface area contributed by atoms with Crippen LogP contribution < -0.4 is 5.32 Å². The van der Waals surface area contributed by atoms with Crippen molar-refractivity contribution < 1.29 is 14.3 Å². The summed E-state index contributed by atoms with van der Waals surface area (Å²) in [5.74, 6) is -0.310. The van der Waals surface area contributed by atoms with E-state index in [1.165, 1.54) is 0 Å². The molecule has 5 heteroatoms. The van der Waals surface area contributed by atoms with Crippen molar-refractivity contribution in [3.05, 3.63) is 29.3 Å². The van der Waals surface area contributed by atoms with Gasteiger partial charge in [-0.25, -0.2) is 0 Å². The van der Waals surface area contributed by atoms with E-state index in [1.54, 1.807) is 12.1 Å². The van der Waals surface area contributed by atoms with Gasteiger partial charge in [0.15, 0.2) is 0 Å². The van der Waals surface area contributed by atoms with Crippen molar-refractivity contribution in [1.29, 1.82) is 0 Å². The second-order valence-corrected chi connectivity index (χ2v) is 4.13. The highest BCUT2D eigenvalue weighted by Gasteiger charge is 2.02. The topological polar surface area (TPSA) is 47.6 Å². The molecule has 1 aromatic rings. The smallest absolute Gasteiger partial charge is 0.325 e. The van der Waals surface area contributed by atoms with Crippen molar-refractivity contribution in [3.63, 3.8) is 0 Å². The zero-order valence-electron chi connectivity index (χ0n) is 10.4. The first-order valence-electron chi connectivity index (χ1n) is 5.95. The van der Waals surface area contributed by atoms with Crippen molar-refractivity contribution >= 4 is 23.3 Å². The monoisotopic (exact) mass is 271 g/mol. The summed E-state index contributed by atoms with van der Waals surface area (Å²) >= 11 is 5.82. The minimum absolute atomic E-state index is 0.119. The summed E-state index contributed by atoms with van der Waals surface area (Å²) in [7, 11) is 0. The molecule has 0 saturated heterocycles. The van der Waals surface area contributed by atoms with E-state index in [0.29, 0.717) is 18.2 Å². The molecule has 100 valence electrons. The molecule has 0 amide bonds. The molecule has 0 saturated carbocycles. The first-order chi connectivity index (χ1) is 8.72. The molecule has 4 nitrogen and oxygen atoms in total. The van der Waals surface area contributed by atoms with E-state index in [4.69, 9.17) is 21.1 Å². The number of hydrogen-bond donors (Lipinski definition) is 1. The molecule has 0 spiro atoms. The molecule has 0 aliphatic carbocycles. The Morgan fingerprint density at radius 3 is 2.89 bits per heavy atom. The van der Waals surface area contributed by atoms with Crippen LogP contribution in [0.1, 0.15) is 13.3 Å². The molecule has 1 rings (SSSR count). The quantitative estimate of drug-likeness (QED) is 0.583. The first-order valence-corrected chi connectivity index (χ1v) is 6.33. The highest BCUT2D eigenvalue weighted by atomic mass is 35.5. The third-order valence-corrected chi connectivity index (χ3v) is 2.34. The Balaban J connectivity index is 2.13. The number of carbonyl (C=O) groups excluding carboxylic acids is 1. The van der Waals surface area contributed by atoms with E-state index in [2.05, 4.69) is 5.32 Å². The molecule has 0 unspecified atom stereocenters. The molecule has 0 fully saturated rings. The summed E-state index contributed by atoms with van der Waals surface area (Å²) < 4.78 is 10.2. The second-order valence-electron chi connectivity index (χ2n) is 3.70. The number of anilines is 1. The zero-order chi connectivity index (χ0) is 13.2. The van der Waals surface area contributed by atoms with Crippen LogP contribution in [-0.4, -0.2) is 32.3 Å². The summed E-state index contributed by atoms with van der Waals surface area (Å²) in [4.78, 5) is 11.4. The van der Waals surface area contributed by atoms with Gasteiger partial charge in [-0.15, -0.1) is 0 Å². The van der Waals surface area contributed by atoms with Crippen molar-refractivity contribution in [1.82, 2.24) is 0 Å². The number of hydrogen-bond acceptors (Lipinski definition) is 4. The van der Waals surface area contributed by atoms with Gasteiger partial charge in [-0.3, -0.25) is 4.79 Å². The van der Waals surface area contributed by atoms with Crippen LogP contribution in [0, 0.1) is 0 Å². The largest absolute Gasteiger partial charge is 0.462 e. The van der Waals surface area contributed by atoms with E-state index in [1.807, 2.05) is 19.1 Å². The molecule has 1 N–H and O–H groups in total. The number of carbonyl (C=O) groups is 1. The van der Waals surface area contributed by atoms with Crippen LogP contribution in [0.4, 0.5) is 5.69 Å². The third kappa shape index (κ3) is 6.47. The van der Waals surface area contributed by atoms with E-state index < -0.39 is 0 Å². The summed E-state index contributed by atoms with van der Waals surface area (Å²) in [6.45, 7) is 3.57. The minimum Gasteiger partial charge on any atom is -0.462 e. The van der Waals surface area contributed by atoms with Crippen LogP contribution in [0.3, 0.4) is 0 Å². The van der Waals surface area contributed by atoms with Gasteiger partial charge < -0.3 is 14.8 Å². The average Bonchev–Trinajstić information content (AvgIpc) is 2.36. The van der Waals surface area contributed by atoms with Gasteiger partial charge in [0.25, 0.3) is 0 Å². The van der Waals surface area contributed by atoms with Gasteiger partial charge in [-0.1, -0.05) is 24.6 Å². The third-order valence-electron chi connectivity index (χ3n) is 2.10. The molecule has 0 bridgehead atoms. The fourth-order valence-corrected chi connectivity index (χ4v) is 1.47. The van der Waals surface area contributed by atoms with Crippen molar-refractivity contribution in [3.8, 4) is 0 Å². The lowest BCUT2D eigenvalue weighted by molar-refractivity contribution is -0.143. The average molecular weight is 272 g/mol. The molecule has 0 aromatic heterocycles.